The Morgan fingerprint density at radius 2 is 1.95 bits per heavy atom. The summed E-state index contributed by atoms with van der Waals surface area (Å²) in [6, 6.07) is 0. The van der Waals surface area contributed by atoms with E-state index >= 15 is 0 Å². The van der Waals surface area contributed by atoms with Gasteiger partial charge in [-0.25, -0.2) is 4.79 Å². The highest BCUT2D eigenvalue weighted by atomic mass is 16.5. The number of H-pyrrole nitrogens is 1. The lowest BCUT2D eigenvalue weighted by Gasteiger charge is -2.07. The van der Waals surface area contributed by atoms with Gasteiger partial charge in [-0.1, -0.05) is 13.3 Å². The second-order valence-electron chi connectivity index (χ2n) is 4.64. The number of unbranched alkanes of at least 4 members (excludes halogenated alkanes) is 3. The van der Waals surface area contributed by atoms with Gasteiger partial charge in [0.25, 0.3) is 5.56 Å². The SMILES string of the molecule is CCC(=O)OCCCCCCn1cc(OC)c(=O)[nH]c1=O. The Morgan fingerprint density at radius 1 is 1.24 bits per heavy atom. The van der Waals surface area contributed by atoms with Crippen molar-refractivity contribution in [3.63, 3.8) is 0 Å². The lowest BCUT2D eigenvalue weighted by molar-refractivity contribution is -0.143. The lowest BCUT2D eigenvalue weighted by Crippen LogP contribution is -2.30. The molecule has 0 radical (unpaired) electrons. The van der Waals surface area contributed by atoms with Crippen LogP contribution in [0, 0.1) is 0 Å². The summed E-state index contributed by atoms with van der Waals surface area (Å²) >= 11 is 0. The van der Waals surface area contributed by atoms with E-state index < -0.39 is 11.2 Å². The maximum absolute atomic E-state index is 11.6. The van der Waals surface area contributed by atoms with Crippen molar-refractivity contribution < 1.29 is 14.3 Å². The van der Waals surface area contributed by atoms with E-state index in [1.165, 1.54) is 17.9 Å². The van der Waals surface area contributed by atoms with E-state index in [2.05, 4.69) is 4.98 Å². The lowest BCUT2D eigenvalue weighted by atomic mass is 10.2. The minimum Gasteiger partial charge on any atom is -0.490 e. The molecule has 118 valence electrons. The molecule has 0 bridgehead atoms. The number of carbonyl (C=O) groups excluding carboxylic acids is 1. The molecule has 0 saturated carbocycles. The van der Waals surface area contributed by atoms with Crippen LogP contribution in [0.1, 0.15) is 39.0 Å². The fourth-order valence-corrected chi connectivity index (χ4v) is 1.83. The molecule has 0 unspecified atom stereocenters. The number of hydrogen-bond acceptors (Lipinski definition) is 5. The number of aryl methyl sites for hydroxylation is 1. The molecule has 0 aliphatic carbocycles. The van der Waals surface area contributed by atoms with Gasteiger partial charge in [-0.05, 0) is 19.3 Å². The zero-order valence-electron chi connectivity index (χ0n) is 12.5. The van der Waals surface area contributed by atoms with Crippen molar-refractivity contribution in [2.45, 2.75) is 45.6 Å². The first-order valence-corrected chi connectivity index (χ1v) is 7.11. The Balaban J connectivity index is 2.29. The maximum atomic E-state index is 11.6. The zero-order valence-corrected chi connectivity index (χ0v) is 12.5. The van der Waals surface area contributed by atoms with Gasteiger partial charge in [0.2, 0.25) is 5.75 Å². The van der Waals surface area contributed by atoms with Gasteiger partial charge in [-0.15, -0.1) is 0 Å². The van der Waals surface area contributed by atoms with E-state index in [4.69, 9.17) is 9.47 Å². The first kappa shape index (κ1) is 17.0. The number of aromatic nitrogens is 2. The molecular weight excluding hydrogens is 276 g/mol. The molecule has 1 aromatic heterocycles. The van der Waals surface area contributed by atoms with E-state index in [0.717, 1.165) is 25.7 Å². The highest BCUT2D eigenvalue weighted by Gasteiger charge is 2.04. The van der Waals surface area contributed by atoms with Crippen LogP contribution in [0.25, 0.3) is 0 Å². The third kappa shape index (κ3) is 5.85. The summed E-state index contributed by atoms with van der Waals surface area (Å²) in [5.74, 6) is -0.0528. The molecular formula is C14H22N2O5. The Hall–Kier alpha value is -2.05. The predicted molar refractivity (Wildman–Crippen MR) is 77.6 cm³/mol. The van der Waals surface area contributed by atoms with Crippen molar-refractivity contribution in [3.05, 3.63) is 27.0 Å². The molecule has 1 aromatic rings. The zero-order chi connectivity index (χ0) is 15.7. The molecule has 1 rings (SSSR count). The Kier molecular flexibility index (Phi) is 7.28. The molecule has 0 aliphatic heterocycles. The predicted octanol–water partition coefficient (Wildman–Crippen LogP) is 1.06. The summed E-state index contributed by atoms with van der Waals surface area (Å²) in [4.78, 5) is 36.0. The van der Waals surface area contributed by atoms with Gasteiger partial charge in [0, 0.05) is 13.0 Å². The number of nitrogens with one attached hydrogen (secondary N) is 1. The molecule has 0 saturated heterocycles. The van der Waals surface area contributed by atoms with Crippen LogP contribution in [-0.2, 0) is 16.1 Å². The maximum Gasteiger partial charge on any atom is 0.328 e. The van der Waals surface area contributed by atoms with Crippen molar-refractivity contribution in [1.82, 2.24) is 9.55 Å². The van der Waals surface area contributed by atoms with Gasteiger partial charge >= 0.3 is 11.7 Å². The summed E-state index contributed by atoms with van der Waals surface area (Å²) < 4.78 is 11.3. The largest absolute Gasteiger partial charge is 0.490 e. The Morgan fingerprint density at radius 3 is 2.62 bits per heavy atom. The van der Waals surface area contributed by atoms with Gasteiger partial charge in [0.1, 0.15) is 0 Å². The third-order valence-electron chi connectivity index (χ3n) is 3.04. The number of rotatable bonds is 9. The molecule has 0 atom stereocenters. The van der Waals surface area contributed by atoms with E-state index in [1.807, 2.05) is 0 Å². The van der Waals surface area contributed by atoms with Gasteiger partial charge in [-0.3, -0.25) is 19.1 Å². The van der Waals surface area contributed by atoms with Crippen LogP contribution in [0.5, 0.6) is 5.75 Å². The monoisotopic (exact) mass is 298 g/mol. The van der Waals surface area contributed by atoms with E-state index in [-0.39, 0.29) is 11.7 Å². The van der Waals surface area contributed by atoms with E-state index in [9.17, 15) is 14.4 Å². The molecule has 7 heteroatoms. The van der Waals surface area contributed by atoms with Crippen molar-refractivity contribution in [3.8, 4) is 5.75 Å². The summed E-state index contributed by atoms with van der Waals surface area (Å²) in [5.41, 5.74) is -0.950. The third-order valence-corrected chi connectivity index (χ3v) is 3.04. The first-order valence-electron chi connectivity index (χ1n) is 7.11. The topological polar surface area (TPSA) is 90.4 Å². The summed E-state index contributed by atoms with van der Waals surface area (Å²) in [5, 5.41) is 0. The van der Waals surface area contributed by atoms with Crippen LogP contribution in [0.3, 0.4) is 0 Å². The number of hydrogen-bond donors (Lipinski definition) is 1. The fourth-order valence-electron chi connectivity index (χ4n) is 1.83. The number of nitrogens with zero attached hydrogens (tertiary/aromatic N) is 1. The highest BCUT2D eigenvalue weighted by Crippen LogP contribution is 2.04. The Bertz CT molecular complexity index is 561. The van der Waals surface area contributed by atoms with Crippen molar-refractivity contribution >= 4 is 5.97 Å². The molecule has 0 fully saturated rings. The minimum absolute atomic E-state index is 0.126. The molecule has 1 N–H and O–H groups in total. The quantitative estimate of drug-likeness (QED) is 0.544. The molecule has 7 nitrogen and oxygen atoms in total. The van der Waals surface area contributed by atoms with Crippen LogP contribution in [-0.4, -0.2) is 29.2 Å². The van der Waals surface area contributed by atoms with Crippen molar-refractivity contribution in [2.75, 3.05) is 13.7 Å². The average Bonchev–Trinajstić information content (AvgIpc) is 2.47. The molecule has 0 amide bonds. The Labute approximate surface area is 122 Å². The second-order valence-corrected chi connectivity index (χ2v) is 4.64. The highest BCUT2D eigenvalue weighted by molar-refractivity contribution is 5.68. The van der Waals surface area contributed by atoms with E-state index in [1.54, 1.807) is 6.92 Å². The van der Waals surface area contributed by atoms with Crippen LogP contribution >= 0.6 is 0 Å². The number of aromatic amines is 1. The van der Waals surface area contributed by atoms with Crippen molar-refractivity contribution in [2.24, 2.45) is 0 Å². The average molecular weight is 298 g/mol. The smallest absolute Gasteiger partial charge is 0.328 e. The van der Waals surface area contributed by atoms with Crippen LogP contribution < -0.4 is 16.0 Å². The molecule has 1 heterocycles. The second kappa shape index (κ2) is 8.99. The fraction of sp³-hybridized carbons (Fsp3) is 0.643. The van der Waals surface area contributed by atoms with Gasteiger partial charge in [0.05, 0.1) is 19.9 Å². The van der Waals surface area contributed by atoms with Crippen LogP contribution in [0.15, 0.2) is 15.8 Å². The van der Waals surface area contributed by atoms with Crippen LogP contribution in [0.2, 0.25) is 0 Å². The molecule has 0 aliphatic rings. The van der Waals surface area contributed by atoms with Gasteiger partial charge in [-0.2, -0.15) is 0 Å². The first-order chi connectivity index (χ1) is 10.1. The molecule has 0 aromatic carbocycles. The summed E-state index contributed by atoms with van der Waals surface area (Å²) in [6.07, 6.45) is 5.28. The summed E-state index contributed by atoms with van der Waals surface area (Å²) in [7, 11) is 1.39. The van der Waals surface area contributed by atoms with Crippen molar-refractivity contribution in [1.29, 1.82) is 0 Å². The minimum atomic E-state index is -0.517. The standard InChI is InChI=1S/C14H22N2O5/c1-3-12(17)21-9-7-5-4-6-8-16-10-11(20-2)13(18)15-14(16)19/h10H,3-9H2,1-2H3,(H,15,18,19). The number of carbonyl (C=O) groups is 1. The van der Waals surface area contributed by atoms with Gasteiger partial charge < -0.3 is 9.47 Å². The summed E-state index contributed by atoms with van der Waals surface area (Å²) in [6.45, 7) is 2.72. The molecule has 0 spiro atoms. The number of methoxy groups -OCH3 is 1. The van der Waals surface area contributed by atoms with E-state index in [0.29, 0.717) is 19.6 Å². The molecule has 21 heavy (non-hydrogen) atoms. The van der Waals surface area contributed by atoms with Gasteiger partial charge in [0.15, 0.2) is 0 Å². The normalized spacial score (nSPS) is 10.4. The number of ether oxygens (including phenoxy) is 2. The van der Waals surface area contributed by atoms with Crippen LogP contribution in [0.4, 0.5) is 0 Å². The number of esters is 1.